The van der Waals surface area contributed by atoms with Crippen molar-refractivity contribution >= 4 is 0 Å². The fourth-order valence-electron chi connectivity index (χ4n) is 2.14. The van der Waals surface area contributed by atoms with Crippen molar-refractivity contribution in [2.75, 3.05) is 0 Å². The topological polar surface area (TPSA) is 12.0 Å². The Morgan fingerprint density at radius 1 is 0.933 bits per heavy atom. The van der Waals surface area contributed by atoms with E-state index in [0.717, 1.165) is 13.1 Å². The molecule has 1 aliphatic heterocycles. The minimum atomic E-state index is 0.932. The third-order valence-corrected chi connectivity index (χ3v) is 2.89. The van der Waals surface area contributed by atoms with Crippen molar-refractivity contribution in [1.29, 1.82) is 0 Å². The molecule has 1 aliphatic rings. The normalized spacial score (nSPS) is 13.9. The van der Waals surface area contributed by atoms with Crippen LogP contribution in [0.4, 0.5) is 0 Å². The highest BCUT2D eigenvalue weighted by Crippen LogP contribution is 2.28. The molecule has 1 N–H and O–H groups in total. The van der Waals surface area contributed by atoms with E-state index in [4.69, 9.17) is 0 Å². The Kier molecular flexibility index (Phi) is 2.04. The summed E-state index contributed by atoms with van der Waals surface area (Å²) < 4.78 is 0. The first-order chi connectivity index (χ1) is 7.45. The van der Waals surface area contributed by atoms with Crippen molar-refractivity contribution in [3.63, 3.8) is 0 Å². The molecule has 1 heteroatoms. The zero-order chi connectivity index (χ0) is 10.1. The molecule has 73 valence electrons. The summed E-state index contributed by atoms with van der Waals surface area (Å²) in [6.07, 6.45) is 0. The molecule has 0 unspecified atom stereocenters. The summed E-state index contributed by atoms with van der Waals surface area (Å²) >= 11 is 0. The lowest BCUT2D eigenvalue weighted by Gasteiger charge is -2.07. The van der Waals surface area contributed by atoms with Crippen molar-refractivity contribution in [2.24, 2.45) is 0 Å². The maximum absolute atomic E-state index is 3.44. The molecule has 0 atom stereocenters. The van der Waals surface area contributed by atoms with E-state index < -0.39 is 0 Å². The van der Waals surface area contributed by atoms with Gasteiger partial charge >= 0.3 is 0 Å². The monoisotopic (exact) mass is 194 g/mol. The van der Waals surface area contributed by atoms with Crippen LogP contribution in [-0.2, 0) is 13.1 Å². The highest BCUT2D eigenvalue weighted by Gasteiger charge is 2.11. The Morgan fingerprint density at radius 2 is 1.73 bits per heavy atom. The third-order valence-electron chi connectivity index (χ3n) is 2.89. The van der Waals surface area contributed by atoms with Crippen LogP contribution in [0.15, 0.2) is 42.5 Å². The number of hydrogen-bond acceptors (Lipinski definition) is 1. The first-order valence-corrected chi connectivity index (χ1v) is 5.23. The highest BCUT2D eigenvalue weighted by molar-refractivity contribution is 5.71. The molecular formula is C14H12N. The highest BCUT2D eigenvalue weighted by atomic mass is 14.9. The summed E-state index contributed by atoms with van der Waals surface area (Å²) in [5, 5.41) is 3.44. The maximum Gasteiger partial charge on any atom is 0.0215 e. The summed E-state index contributed by atoms with van der Waals surface area (Å²) in [6.45, 7) is 1.88. The van der Waals surface area contributed by atoms with Gasteiger partial charge in [-0.15, -0.1) is 0 Å². The first-order valence-electron chi connectivity index (χ1n) is 5.23. The van der Waals surface area contributed by atoms with E-state index in [9.17, 15) is 0 Å². The van der Waals surface area contributed by atoms with Crippen LogP contribution in [0.25, 0.3) is 11.1 Å². The molecule has 0 aliphatic carbocycles. The molecule has 1 radical (unpaired) electrons. The van der Waals surface area contributed by atoms with Crippen LogP contribution in [0, 0.1) is 6.07 Å². The number of fused-ring (bicyclic) bond motifs is 3. The summed E-state index contributed by atoms with van der Waals surface area (Å²) in [7, 11) is 0. The predicted molar refractivity (Wildman–Crippen MR) is 61.3 cm³/mol. The molecule has 1 heterocycles. The van der Waals surface area contributed by atoms with Crippen molar-refractivity contribution in [1.82, 2.24) is 5.32 Å². The van der Waals surface area contributed by atoms with Crippen LogP contribution >= 0.6 is 0 Å². The van der Waals surface area contributed by atoms with Crippen molar-refractivity contribution in [2.45, 2.75) is 13.1 Å². The Bertz CT molecular complexity index is 443. The lowest BCUT2D eigenvalue weighted by Crippen LogP contribution is -2.10. The standard InChI is InChI=1S/C14H12N/c1-3-7-13-11(5-1)9-15-10-12-6-2-4-8-14(12)13/h1,3-8,15H,9-10H2. The van der Waals surface area contributed by atoms with Crippen LogP contribution in [0.3, 0.4) is 0 Å². The molecule has 0 spiro atoms. The molecule has 0 aromatic heterocycles. The molecule has 0 saturated heterocycles. The number of nitrogens with one attached hydrogen (secondary N) is 1. The Hall–Kier alpha value is -1.60. The lowest BCUT2D eigenvalue weighted by atomic mass is 9.97. The lowest BCUT2D eigenvalue weighted by molar-refractivity contribution is 0.703. The molecular weight excluding hydrogens is 182 g/mol. The van der Waals surface area contributed by atoms with E-state index in [0.29, 0.717) is 0 Å². The van der Waals surface area contributed by atoms with Crippen molar-refractivity contribution < 1.29 is 0 Å². The molecule has 0 amide bonds. The van der Waals surface area contributed by atoms with Crippen LogP contribution < -0.4 is 5.32 Å². The first kappa shape index (κ1) is 8.69. The van der Waals surface area contributed by atoms with Gasteiger partial charge in [-0.05, 0) is 34.4 Å². The van der Waals surface area contributed by atoms with Gasteiger partial charge in [0.25, 0.3) is 0 Å². The van der Waals surface area contributed by atoms with E-state index in [1.54, 1.807) is 0 Å². The van der Waals surface area contributed by atoms with Gasteiger partial charge in [0.2, 0.25) is 0 Å². The molecule has 0 saturated carbocycles. The van der Waals surface area contributed by atoms with Gasteiger partial charge in [-0.2, -0.15) is 0 Å². The second kappa shape index (κ2) is 3.52. The third kappa shape index (κ3) is 1.45. The van der Waals surface area contributed by atoms with Crippen molar-refractivity contribution in [3.8, 4) is 11.1 Å². The largest absolute Gasteiger partial charge is 0.309 e. The molecule has 3 rings (SSSR count). The number of benzene rings is 2. The van der Waals surface area contributed by atoms with Crippen molar-refractivity contribution in [3.05, 3.63) is 59.7 Å². The molecule has 0 fully saturated rings. The van der Waals surface area contributed by atoms with Gasteiger partial charge in [-0.25, -0.2) is 0 Å². The Balaban J connectivity index is 2.27. The zero-order valence-corrected chi connectivity index (χ0v) is 8.46. The molecule has 1 nitrogen and oxygen atoms in total. The van der Waals surface area contributed by atoms with E-state index in [1.165, 1.54) is 22.3 Å². The minimum Gasteiger partial charge on any atom is -0.309 e. The molecule has 15 heavy (non-hydrogen) atoms. The van der Waals surface area contributed by atoms with Gasteiger partial charge in [0, 0.05) is 13.1 Å². The summed E-state index contributed by atoms with van der Waals surface area (Å²) in [4.78, 5) is 0. The van der Waals surface area contributed by atoms with Crippen LogP contribution in [0.5, 0.6) is 0 Å². The van der Waals surface area contributed by atoms with Gasteiger partial charge in [-0.3, -0.25) is 0 Å². The van der Waals surface area contributed by atoms with E-state index in [-0.39, 0.29) is 0 Å². The summed E-state index contributed by atoms with van der Waals surface area (Å²) in [6, 6.07) is 17.9. The Morgan fingerprint density at radius 3 is 2.73 bits per heavy atom. The molecule has 2 aromatic rings. The zero-order valence-electron chi connectivity index (χ0n) is 8.46. The van der Waals surface area contributed by atoms with Gasteiger partial charge in [-0.1, -0.05) is 36.4 Å². The molecule has 0 bridgehead atoms. The number of hydrogen-bond donors (Lipinski definition) is 1. The maximum atomic E-state index is 3.44. The summed E-state index contributed by atoms with van der Waals surface area (Å²) in [5.41, 5.74) is 5.41. The van der Waals surface area contributed by atoms with Gasteiger partial charge < -0.3 is 5.32 Å². The second-order valence-corrected chi connectivity index (χ2v) is 3.84. The van der Waals surface area contributed by atoms with E-state index in [1.807, 2.05) is 6.07 Å². The van der Waals surface area contributed by atoms with Crippen LogP contribution in [0.2, 0.25) is 0 Å². The average Bonchev–Trinajstić information content (AvgIpc) is 2.48. The fourth-order valence-corrected chi connectivity index (χ4v) is 2.14. The van der Waals surface area contributed by atoms with E-state index in [2.05, 4.69) is 47.8 Å². The average molecular weight is 194 g/mol. The molecule has 2 aromatic carbocycles. The fraction of sp³-hybridized carbons (Fsp3) is 0.143. The quantitative estimate of drug-likeness (QED) is 0.680. The van der Waals surface area contributed by atoms with Gasteiger partial charge in [0.05, 0.1) is 0 Å². The van der Waals surface area contributed by atoms with E-state index >= 15 is 0 Å². The predicted octanol–water partition coefficient (Wildman–Crippen LogP) is 2.76. The van der Waals surface area contributed by atoms with Crippen LogP contribution in [-0.4, -0.2) is 0 Å². The summed E-state index contributed by atoms with van der Waals surface area (Å²) in [5.74, 6) is 0. The number of rotatable bonds is 0. The smallest absolute Gasteiger partial charge is 0.0215 e. The van der Waals surface area contributed by atoms with Crippen LogP contribution in [0.1, 0.15) is 11.1 Å². The SMILES string of the molecule is [c]1ccc2c(c1)CNCc1ccccc1-2. The van der Waals surface area contributed by atoms with Gasteiger partial charge in [0.15, 0.2) is 0 Å². The van der Waals surface area contributed by atoms with Gasteiger partial charge in [0.1, 0.15) is 0 Å². The second-order valence-electron chi connectivity index (χ2n) is 3.84. The Labute approximate surface area is 89.8 Å². The minimum absolute atomic E-state index is 0.932.